The topological polar surface area (TPSA) is 29.1 Å². The van der Waals surface area contributed by atoms with Crippen LogP contribution in [0.15, 0.2) is 0 Å². The number of carbonyl (C=O) groups is 1. The van der Waals surface area contributed by atoms with Gasteiger partial charge < -0.3 is 10.1 Å². The molecular formula is C6H9BBrNO. The lowest BCUT2D eigenvalue weighted by molar-refractivity contribution is -0.109. The Morgan fingerprint density at radius 2 is 2.50 bits per heavy atom. The zero-order valence-corrected chi connectivity index (χ0v) is 7.39. The Hall–Kier alpha value is 0.175. The third kappa shape index (κ3) is 0.664. The van der Waals surface area contributed by atoms with Crippen LogP contribution in [0.5, 0.6) is 0 Å². The van der Waals surface area contributed by atoms with Crippen LogP contribution < -0.4 is 5.32 Å². The lowest BCUT2D eigenvalue weighted by Crippen LogP contribution is -2.33. The molecule has 2 nitrogen and oxygen atoms in total. The molecule has 1 saturated heterocycles. The molecule has 0 spiro atoms. The van der Waals surface area contributed by atoms with E-state index < -0.39 is 0 Å². The summed E-state index contributed by atoms with van der Waals surface area (Å²) < 4.78 is 0.254. The highest BCUT2D eigenvalue weighted by Crippen LogP contribution is 2.58. The summed E-state index contributed by atoms with van der Waals surface area (Å²) in [4.78, 5) is 10.4. The lowest BCUT2D eigenvalue weighted by Gasteiger charge is -2.11. The molecule has 0 radical (unpaired) electrons. The maximum atomic E-state index is 10.4. The van der Waals surface area contributed by atoms with Crippen LogP contribution in [-0.2, 0) is 4.79 Å². The van der Waals surface area contributed by atoms with Gasteiger partial charge >= 0.3 is 0 Å². The van der Waals surface area contributed by atoms with Gasteiger partial charge in [0.2, 0.25) is 0 Å². The van der Waals surface area contributed by atoms with E-state index in [-0.39, 0.29) is 10.3 Å². The van der Waals surface area contributed by atoms with E-state index in [0.29, 0.717) is 11.8 Å². The maximum absolute atomic E-state index is 10.4. The van der Waals surface area contributed by atoms with Gasteiger partial charge in [-0.05, 0) is 18.4 Å². The number of alkyl halides is 1. The Morgan fingerprint density at radius 1 is 1.80 bits per heavy atom. The Balaban J connectivity index is 2.13. The number of hydrogen-bond acceptors (Lipinski definition) is 2. The van der Waals surface area contributed by atoms with E-state index >= 15 is 0 Å². The van der Waals surface area contributed by atoms with Crippen molar-refractivity contribution in [2.75, 3.05) is 6.54 Å². The molecule has 4 heteroatoms. The van der Waals surface area contributed by atoms with Gasteiger partial charge in [-0.3, -0.25) is 0 Å². The molecule has 1 N–H and O–H groups in total. The Labute approximate surface area is 69.3 Å². The summed E-state index contributed by atoms with van der Waals surface area (Å²) in [6.07, 6.45) is 1.02. The van der Waals surface area contributed by atoms with Gasteiger partial charge in [-0.15, -0.1) is 0 Å². The number of rotatable bonds is 1. The van der Waals surface area contributed by atoms with Crippen LogP contribution in [-0.4, -0.2) is 30.9 Å². The van der Waals surface area contributed by atoms with Gasteiger partial charge in [-0.25, -0.2) is 0 Å². The third-order valence-corrected chi connectivity index (χ3v) is 3.92. The number of carbonyl (C=O) groups excluding carboxylic acids is 1. The maximum Gasteiger partial charge on any atom is 0.137 e. The molecule has 2 aliphatic rings. The largest absolute Gasteiger partial charge is 0.307 e. The van der Waals surface area contributed by atoms with E-state index in [1.165, 1.54) is 0 Å². The van der Waals surface area contributed by atoms with Crippen LogP contribution in [0.4, 0.5) is 0 Å². The van der Waals surface area contributed by atoms with Crippen molar-refractivity contribution in [1.29, 1.82) is 0 Å². The number of aldehydes is 1. The average Bonchev–Trinajstić information content (AvgIpc) is 2.28. The molecule has 2 fully saturated rings. The van der Waals surface area contributed by atoms with Gasteiger partial charge in [0, 0.05) is 4.22 Å². The summed E-state index contributed by atoms with van der Waals surface area (Å²) in [5.41, 5.74) is 0. The van der Waals surface area contributed by atoms with Gasteiger partial charge in [0.05, 0.1) is 6.04 Å². The van der Waals surface area contributed by atoms with Crippen molar-refractivity contribution >= 4 is 30.1 Å². The molecule has 4 atom stereocenters. The SMILES string of the molecule is BC1(Br)[C@@H]2[C@@H](C=O)NC[C@@H]21. The molecule has 54 valence electrons. The van der Waals surface area contributed by atoms with E-state index in [9.17, 15) is 4.79 Å². The molecule has 0 aromatic carbocycles. The van der Waals surface area contributed by atoms with Crippen LogP contribution in [0.3, 0.4) is 0 Å². The molecule has 10 heavy (non-hydrogen) atoms. The van der Waals surface area contributed by atoms with E-state index in [1.54, 1.807) is 0 Å². The fourth-order valence-electron chi connectivity index (χ4n) is 2.05. The van der Waals surface area contributed by atoms with E-state index in [4.69, 9.17) is 0 Å². The van der Waals surface area contributed by atoms with Crippen molar-refractivity contribution in [1.82, 2.24) is 5.32 Å². The first kappa shape index (κ1) is 6.86. The van der Waals surface area contributed by atoms with Gasteiger partial charge in [0.15, 0.2) is 0 Å². The zero-order chi connectivity index (χ0) is 7.35. The van der Waals surface area contributed by atoms with Crippen molar-refractivity contribution < 1.29 is 4.79 Å². The van der Waals surface area contributed by atoms with Gasteiger partial charge in [0.25, 0.3) is 0 Å². The standard InChI is InChI=1S/C6H9BBrNO/c7-6(8)3-1-9-4(2-10)5(3)6/h2-5,9H,1,7H2/t3-,4+,5-,6?/m0/s1. The molecular weight excluding hydrogens is 193 g/mol. The first-order valence-electron chi connectivity index (χ1n) is 3.55. The molecule has 0 aromatic rings. The summed E-state index contributed by atoms with van der Waals surface area (Å²) in [6.45, 7) is 0.996. The highest BCUT2D eigenvalue weighted by Gasteiger charge is 2.65. The van der Waals surface area contributed by atoms with Gasteiger partial charge in [-0.2, -0.15) is 0 Å². The Kier molecular flexibility index (Phi) is 1.27. The Bertz CT molecular complexity index is 185. The number of halogens is 1. The summed E-state index contributed by atoms with van der Waals surface area (Å²) in [5.74, 6) is 1.23. The quantitative estimate of drug-likeness (QED) is 0.340. The summed E-state index contributed by atoms with van der Waals surface area (Å²) in [7, 11) is 2.17. The minimum Gasteiger partial charge on any atom is -0.307 e. The van der Waals surface area contributed by atoms with Crippen LogP contribution >= 0.6 is 15.9 Å². The monoisotopic (exact) mass is 201 g/mol. The van der Waals surface area contributed by atoms with E-state index in [1.807, 2.05) is 0 Å². The predicted octanol–water partition coefficient (Wildman–Crippen LogP) is -0.873. The molecule has 0 bridgehead atoms. The summed E-state index contributed by atoms with van der Waals surface area (Å²) >= 11 is 3.61. The van der Waals surface area contributed by atoms with Crippen LogP contribution in [0, 0.1) is 11.8 Å². The highest BCUT2D eigenvalue weighted by molar-refractivity contribution is 9.10. The second-order valence-electron chi connectivity index (χ2n) is 3.35. The zero-order valence-electron chi connectivity index (χ0n) is 5.80. The lowest BCUT2D eigenvalue weighted by atomic mass is 9.95. The predicted molar refractivity (Wildman–Crippen MR) is 45.0 cm³/mol. The number of nitrogens with one attached hydrogen (secondary N) is 1. The Morgan fingerprint density at radius 3 is 2.80 bits per heavy atom. The molecule has 2 rings (SSSR count). The number of hydrogen-bond donors (Lipinski definition) is 1. The average molecular weight is 202 g/mol. The minimum absolute atomic E-state index is 0.106. The molecule has 1 aliphatic carbocycles. The number of fused-ring (bicyclic) bond motifs is 1. The molecule has 0 amide bonds. The summed E-state index contributed by atoms with van der Waals surface area (Å²) in [5, 5.41) is 3.16. The van der Waals surface area contributed by atoms with Crippen LogP contribution in [0.2, 0.25) is 0 Å². The van der Waals surface area contributed by atoms with E-state index in [0.717, 1.165) is 12.8 Å². The normalized spacial score (nSPS) is 57.9. The second-order valence-corrected chi connectivity index (χ2v) is 5.06. The third-order valence-electron chi connectivity index (χ3n) is 2.81. The highest BCUT2D eigenvalue weighted by atomic mass is 79.9. The van der Waals surface area contributed by atoms with Crippen molar-refractivity contribution in [3.63, 3.8) is 0 Å². The first-order chi connectivity index (χ1) is 4.68. The fraction of sp³-hybridized carbons (Fsp3) is 0.833. The van der Waals surface area contributed by atoms with Crippen molar-refractivity contribution in [2.45, 2.75) is 10.3 Å². The first-order valence-corrected chi connectivity index (χ1v) is 4.35. The van der Waals surface area contributed by atoms with Crippen molar-refractivity contribution in [3.05, 3.63) is 0 Å². The molecule has 1 saturated carbocycles. The van der Waals surface area contributed by atoms with Gasteiger partial charge in [-0.1, -0.05) is 15.9 Å². The van der Waals surface area contributed by atoms with Crippen LogP contribution in [0.25, 0.3) is 0 Å². The van der Waals surface area contributed by atoms with E-state index in [2.05, 4.69) is 29.1 Å². The van der Waals surface area contributed by atoms with Crippen molar-refractivity contribution in [2.24, 2.45) is 11.8 Å². The van der Waals surface area contributed by atoms with Gasteiger partial charge in [0.1, 0.15) is 14.1 Å². The minimum atomic E-state index is 0.106. The number of piperidine rings is 1. The smallest absolute Gasteiger partial charge is 0.137 e. The molecule has 0 aromatic heterocycles. The molecule has 1 heterocycles. The fourth-order valence-corrected chi connectivity index (χ4v) is 2.97. The molecule has 1 aliphatic heterocycles. The summed E-state index contributed by atoms with van der Waals surface area (Å²) in [6, 6.07) is 0.106. The van der Waals surface area contributed by atoms with Crippen molar-refractivity contribution in [3.8, 4) is 0 Å². The molecule has 1 unspecified atom stereocenters. The van der Waals surface area contributed by atoms with Crippen LogP contribution in [0.1, 0.15) is 0 Å². The second kappa shape index (κ2) is 1.86.